The van der Waals surface area contributed by atoms with Gasteiger partial charge in [-0.1, -0.05) is 15.9 Å². The molecule has 1 aromatic rings. The standard InChI is InChI=1S/C7H8BrF2N3/c8-2-3-1-4(11)5(12)6(13-3)7(9)10/h1,7H,2,12H2,(H2,11,13). The average molecular weight is 252 g/mol. The van der Waals surface area contributed by atoms with Gasteiger partial charge in [-0.15, -0.1) is 0 Å². The maximum atomic E-state index is 12.3. The maximum Gasteiger partial charge on any atom is 0.282 e. The van der Waals surface area contributed by atoms with Crippen LogP contribution in [0.25, 0.3) is 0 Å². The quantitative estimate of drug-likeness (QED) is 0.792. The zero-order valence-corrected chi connectivity index (χ0v) is 8.18. The van der Waals surface area contributed by atoms with Gasteiger partial charge in [-0.05, 0) is 6.07 Å². The molecular weight excluding hydrogens is 244 g/mol. The molecule has 0 fully saturated rings. The van der Waals surface area contributed by atoms with Crippen LogP contribution in [-0.4, -0.2) is 4.98 Å². The van der Waals surface area contributed by atoms with Gasteiger partial charge in [-0.2, -0.15) is 0 Å². The summed E-state index contributed by atoms with van der Waals surface area (Å²) in [6.45, 7) is 0. The fourth-order valence-electron chi connectivity index (χ4n) is 0.887. The van der Waals surface area contributed by atoms with E-state index < -0.39 is 12.1 Å². The minimum atomic E-state index is -2.69. The second-order valence-corrected chi connectivity index (χ2v) is 3.00. The molecule has 1 aromatic heterocycles. The second kappa shape index (κ2) is 3.87. The van der Waals surface area contributed by atoms with Gasteiger partial charge in [0.15, 0.2) is 0 Å². The van der Waals surface area contributed by atoms with E-state index in [0.717, 1.165) is 0 Å². The highest BCUT2D eigenvalue weighted by atomic mass is 79.9. The molecule has 0 amide bonds. The lowest BCUT2D eigenvalue weighted by Gasteiger charge is -2.08. The highest BCUT2D eigenvalue weighted by Gasteiger charge is 2.16. The van der Waals surface area contributed by atoms with Crippen LogP contribution < -0.4 is 11.5 Å². The molecule has 0 saturated heterocycles. The predicted octanol–water partition coefficient (Wildman–Crippen LogP) is 2.08. The van der Waals surface area contributed by atoms with E-state index in [-0.39, 0.29) is 11.4 Å². The summed E-state index contributed by atoms with van der Waals surface area (Å²) in [6.07, 6.45) is -2.69. The summed E-state index contributed by atoms with van der Waals surface area (Å²) in [7, 11) is 0. The minimum Gasteiger partial charge on any atom is -0.397 e. The maximum absolute atomic E-state index is 12.3. The zero-order chi connectivity index (χ0) is 10.0. The summed E-state index contributed by atoms with van der Waals surface area (Å²) in [5.41, 5.74) is 10.7. The number of rotatable bonds is 2. The van der Waals surface area contributed by atoms with Gasteiger partial charge in [-0.25, -0.2) is 13.8 Å². The predicted molar refractivity (Wildman–Crippen MR) is 50.6 cm³/mol. The van der Waals surface area contributed by atoms with E-state index in [2.05, 4.69) is 20.9 Å². The van der Waals surface area contributed by atoms with Crippen molar-refractivity contribution in [1.29, 1.82) is 0 Å². The topological polar surface area (TPSA) is 64.9 Å². The first-order valence-corrected chi connectivity index (χ1v) is 4.57. The Bertz CT molecular complexity index is 317. The number of halogens is 3. The molecule has 0 unspecified atom stereocenters. The normalized spacial score (nSPS) is 10.8. The fourth-order valence-corrected chi connectivity index (χ4v) is 1.17. The third-order valence-corrected chi connectivity index (χ3v) is 2.09. The van der Waals surface area contributed by atoms with Gasteiger partial charge < -0.3 is 11.5 Å². The van der Waals surface area contributed by atoms with Gasteiger partial charge in [0.2, 0.25) is 0 Å². The number of anilines is 2. The molecule has 0 aliphatic carbocycles. The van der Waals surface area contributed by atoms with Crippen molar-refractivity contribution in [2.24, 2.45) is 0 Å². The van der Waals surface area contributed by atoms with Crippen molar-refractivity contribution in [2.45, 2.75) is 11.8 Å². The van der Waals surface area contributed by atoms with Gasteiger partial charge in [0.1, 0.15) is 5.69 Å². The van der Waals surface area contributed by atoms with Gasteiger partial charge in [0.05, 0.1) is 17.1 Å². The SMILES string of the molecule is Nc1cc(CBr)nc(C(F)F)c1N. The first-order chi connectivity index (χ1) is 6.06. The van der Waals surface area contributed by atoms with Gasteiger partial charge in [-0.3, -0.25) is 0 Å². The van der Waals surface area contributed by atoms with E-state index in [1.807, 2.05) is 0 Å². The van der Waals surface area contributed by atoms with Crippen LogP contribution in [0, 0.1) is 0 Å². The van der Waals surface area contributed by atoms with Crippen LogP contribution >= 0.6 is 15.9 Å². The molecule has 0 aliphatic rings. The third-order valence-electron chi connectivity index (χ3n) is 1.52. The van der Waals surface area contributed by atoms with Crippen LogP contribution in [0.15, 0.2) is 6.07 Å². The summed E-state index contributed by atoms with van der Waals surface area (Å²) in [4.78, 5) is 3.65. The largest absolute Gasteiger partial charge is 0.397 e. The van der Waals surface area contributed by atoms with Crippen molar-refractivity contribution in [3.63, 3.8) is 0 Å². The Morgan fingerprint density at radius 1 is 1.46 bits per heavy atom. The van der Waals surface area contributed by atoms with Crippen LogP contribution in [-0.2, 0) is 5.33 Å². The highest BCUT2D eigenvalue weighted by molar-refractivity contribution is 9.08. The molecular formula is C7H8BrF2N3. The third kappa shape index (κ3) is 2.06. The molecule has 4 N–H and O–H groups in total. The number of hydrogen-bond acceptors (Lipinski definition) is 3. The molecule has 0 aliphatic heterocycles. The summed E-state index contributed by atoms with van der Waals surface area (Å²) in [5.74, 6) is 0. The van der Waals surface area contributed by atoms with E-state index in [1.165, 1.54) is 6.07 Å². The van der Waals surface area contributed by atoms with Crippen molar-refractivity contribution in [1.82, 2.24) is 4.98 Å². The monoisotopic (exact) mass is 251 g/mol. The Balaban J connectivity index is 3.25. The van der Waals surface area contributed by atoms with Crippen LogP contribution in [0.2, 0.25) is 0 Å². The molecule has 1 heterocycles. The van der Waals surface area contributed by atoms with Gasteiger partial charge in [0.25, 0.3) is 6.43 Å². The number of hydrogen-bond donors (Lipinski definition) is 2. The molecule has 3 nitrogen and oxygen atoms in total. The molecule has 0 radical (unpaired) electrons. The van der Waals surface area contributed by atoms with Crippen molar-refractivity contribution in [3.05, 3.63) is 17.5 Å². The Labute approximate surface area is 82.3 Å². The lowest BCUT2D eigenvalue weighted by molar-refractivity contribution is 0.147. The van der Waals surface area contributed by atoms with E-state index in [0.29, 0.717) is 11.0 Å². The number of nitrogen functional groups attached to an aromatic ring is 2. The summed E-state index contributed by atoms with van der Waals surface area (Å²) in [6, 6.07) is 1.47. The summed E-state index contributed by atoms with van der Waals surface area (Å²) >= 11 is 3.10. The van der Waals surface area contributed by atoms with Crippen molar-refractivity contribution >= 4 is 27.3 Å². The van der Waals surface area contributed by atoms with Gasteiger partial charge in [0, 0.05) is 5.33 Å². The molecule has 0 spiro atoms. The molecule has 13 heavy (non-hydrogen) atoms. The van der Waals surface area contributed by atoms with Crippen molar-refractivity contribution in [2.75, 3.05) is 11.5 Å². The number of aromatic nitrogens is 1. The van der Waals surface area contributed by atoms with E-state index in [4.69, 9.17) is 11.5 Å². The smallest absolute Gasteiger partial charge is 0.282 e. The van der Waals surface area contributed by atoms with Crippen molar-refractivity contribution < 1.29 is 8.78 Å². The van der Waals surface area contributed by atoms with Crippen LogP contribution in [0.1, 0.15) is 17.8 Å². The molecule has 0 bridgehead atoms. The minimum absolute atomic E-state index is 0.139. The van der Waals surface area contributed by atoms with E-state index in [1.54, 1.807) is 0 Å². The summed E-state index contributed by atoms with van der Waals surface area (Å²) in [5, 5.41) is 0.372. The average Bonchev–Trinajstić information content (AvgIpc) is 2.09. The molecule has 0 aromatic carbocycles. The lowest BCUT2D eigenvalue weighted by Crippen LogP contribution is -2.05. The molecule has 1 rings (SSSR count). The van der Waals surface area contributed by atoms with E-state index in [9.17, 15) is 8.78 Å². The molecule has 0 atom stereocenters. The number of pyridine rings is 1. The van der Waals surface area contributed by atoms with Crippen molar-refractivity contribution in [3.8, 4) is 0 Å². The zero-order valence-electron chi connectivity index (χ0n) is 6.60. The Morgan fingerprint density at radius 2 is 2.08 bits per heavy atom. The summed E-state index contributed by atoms with van der Waals surface area (Å²) < 4.78 is 24.6. The molecule has 0 saturated carbocycles. The van der Waals surface area contributed by atoms with E-state index >= 15 is 0 Å². The second-order valence-electron chi connectivity index (χ2n) is 2.44. The Morgan fingerprint density at radius 3 is 2.54 bits per heavy atom. The number of nitrogens with two attached hydrogens (primary N) is 2. The molecule has 6 heteroatoms. The highest BCUT2D eigenvalue weighted by Crippen LogP contribution is 2.28. The van der Waals surface area contributed by atoms with Gasteiger partial charge >= 0.3 is 0 Å². The fraction of sp³-hybridized carbons (Fsp3) is 0.286. The Kier molecular flexibility index (Phi) is 3.02. The first-order valence-electron chi connectivity index (χ1n) is 3.45. The lowest BCUT2D eigenvalue weighted by atomic mass is 10.2. The number of nitrogens with zero attached hydrogens (tertiary/aromatic N) is 1. The Hall–Kier alpha value is -0.910. The van der Waals surface area contributed by atoms with Crippen LogP contribution in [0.4, 0.5) is 20.2 Å². The number of alkyl halides is 3. The molecule has 72 valence electrons. The van der Waals surface area contributed by atoms with Crippen LogP contribution in [0.5, 0.6) is 0 Å². The first kappa shape index (κ1) is 10.2. The van der Waals surface area contributed by atoms with Crippen LogP contribution in [0.3, 0.4) is 0 Å².